The van der Waals surface area contributed by atoms with Gasteiger partial charge in [-0.3, -0.25) is 9.52 Å². The van der Waals surface area contributed by atoms with Crippen LogP contribution in [0.3, 0.4) is 0 Å². The smallest absolute Gasteiger partial charge is 0.261 e. The molecule has 1 N–H and O–H groups in total. The Morgan fingerprint density at radius 1 is 1.17 bits per heavy atom. The summed E-state index contributed by atoms with van der Waals surface area (Å²) in [5.41, 5.74) is 1.67. The zero-order valence-corrected chi connectivity index (χ0v) is 19.1. The highest BCUT2D eigenvalue weighted by molar-refractivity contribution is 7.98. The van der Waals surface area contributed by atoms with Crippen molar-refractivity contribution >= 4 is 45.0 Å². The Kier molecular flexibility index (Phi) is 6.81. The number of thioether (sulfide) groups is 1. The van der Waals surface area contributed by atoms with E-state index >= 15 is 0 Å². The number of nitrogens with zero attached hydrogens (tertiary/aromatic N) is 1. The normalized spacial score (nSPS) is 15.4. The minimum absolute atomic E-state index is 0.0562. The van der Waals surface area contributed by atoms with Gasteiger partial charge < -0.3 is 4.90 Å². The van der Waals surface area contributed by atoms with Gasteiger partial charge in [-0.1, -0.05) is 24.6 Å². The third-order valence-electron chi connectivity index (χ3n) is 5.21. The highest BCUT2D eigenvalue weighted by atomic mass is 35.5. The molecule has 2 aromatic carbocycles. The van der Waals surface area contributed by atoms with Crippen molar-refractivity contribution in [1.82, 2.24) is 4.90 Å². The Labute approximate surface area is 181 Å². The van der Waals surface area contributed by atoms with Gasteiger partial charge in [-0.05, 0) is 67.8 Å². The minimum Gasteiger partial charge on any atom is -0.339 e. The minimum atomic E-state index is -3.85. The van der Waals surface area contributed by atoms with Crippen LogP contribution in [0.15, 0.2) is 46.2 Å². The van der Waals surface area contributed by atoms with Crippen molar-refractivity contribution in [3.8, 4) is 0 Å². The van der Waals surface area contributed by atoms with Gasteiger partial charge in [0.1, 0.15) is 0 Å². The van der Waals surface area contributed by atoms with E-state index < -0.39 is 10.0 Å². The van der Waals surface area contributed by atoms with Crippen molar-refractivity contribution in [3.05, 3.63) is 52.5 Å². The van der Waals surface area contributed by atoms with Crippen LogP contribution in [0.5, 0.6) is 0 Å². The number of rotatable bonds is 5. The maximum atomic E-state index is 13.1. The number of nitrogens with one attached hydrogen (secondary N) is 1. The molecule has 1 aliphatic rings. The standard InChI is InChI=1S/C21H25ClN2O3S2/c1-14-8-10-24(11-9-14)21(25)18-13-17(6-7-20(18)28-3)29(26,27)23-16-5-4-15(2)19(22)12-16/h4-7,12-14,23H,8-11H2,1-3H3. The topological polar surface area (TPSA) is 66.5 Å². The van der Waals surface area contributed by atoms with Gasteiger partial charge in [0, 0.05) is 23.0 Å². The fourth-order valence-corrected chi connectivity index (χ4v) is 5.10. The van der Waals surface area contributed by atoms with Gasteiger partial charge in [0.25, 0.3) is 15.9 Å². The van der Waals surface area contributed by atoms with E-state index in [1.54, 1.807) is 24.3 Å². The van der Waals surface area contributed by atoms with E-state index in [-0.39, 0.29) is 10.8 Å². The zero-order chi connectivity index (χ0) is 21.2. The van der Waals surface area contributed by atoms with Crippen molar-refractivity contribution < 1.29 is 13.2 Å². The fourth-order valence-electron chi connectivity index (χ4n) is 3.27. The largest absolute Gasteiger partial charge is 0.339 e. The van der Waals surface area contributed by atoms with Gasteiger partial charge >= 0.3 is 0 Å². The van der Waals surface area contributed by atoms with Gasteiger partial charge in [-0.25, -0.2) is 8.42 Å². The predicted octanol–water partition coefficient (Wildman–Crippen LogP) is 5.04. The van der Waals surface area contributed by atoms with Crippen LogP contribution in [0.1, 0.15) is 35.7 Å². The molecule has 0 aliphatic carbocycles. The molecule has 1 heterocycles. The molecule has 0 radical (unpaired) electrons. The van der Waals surface area contributed by atoms with Gasteiger partial charge in [0.15, 0.2) is 0 Å². The molecule has 1 saturated heterocycles. The number of benzene rings is 2. The summed E-state index contributed by atoms with van der Waals surface area (Å²) in [6.45, 7) is 5.43. The monoisotopic (exact) mass is 452 g/mol. The molecule has 2 aromatic rings. The first-order chi connectivity index (χ1) is 13.7. The van der Waals surface area contributed by atoms with Crippen LogP contribution in [-0.2, 0) is 10.0 Å². The number of hydrogen-bond acceptors (Lipinski definition) is 4. The molecule has 1 fully saturated rings. The number of likely N-dealkylation sites (tertiary alicyclic amines) is 1. The second-order valence-electron chi connectivity index (χ2n) is 7.41. The third-order valence-corrected chi connectivity index (χ3v) is 7.79. The van der Waals surface area contributed by atoms with E-state index in [1.807, 2.05) is 18.1 Å². The first kappa shape index (κ1) is 22.0. The Hall–Kier alpha value is -1.70. The van der Waals surface area contributed by atoms with E-state index in [0.29, 0.717) is 35.3 Å². The summed E-state index contributed by atoms with van der Waals surface area (Å²) in [5.74, 6) is 0.494. The number of halogens is 1. The first-order valence-electron chi connectivity index (χ1n) is 9.47. The van der Waals surface area contributed by atoms with Gasteiger partial charge in [-0.2, -0.15) is 0 Å². The summed E-state index contributed by atoms with van der Waals surface area (Å²) in [6.07, 6.45) is 3.81. The fraction of sp³-hybridized carbons (Fsp3) is 0.381. The zero-order valence-electron chi connectivity index (χ0n) is 16.7. The number of sulfonamides is 1. The van der Waals surface area contributed by atoms with Crippen LogP contribution in [-0.4, -0.2) is 38.6 Å². The quantitative estimate of drug-likeness (QED) is 0.645. The molecule has 8 heteroatoms. The maximum absolute atomic E-state index is 13.1. The number of carbonyl (C=O) groups excluding carboxylic acids is 1. The van der Waals surface area contributed by atoms with E-state index in [2.05, 4.69) is 11.6 Å². The number of hydrogen-bond donors (Lipinski definition) is 1. The Balaban J connectivity index is 1.90. The van der Waals surface area contributed by atoms with E-state index in [4.69, 9.17) is 11.6 Å². The Morgan fingerprint density at radius 3 is 2.48 bits per heavy atom. The summed E-state index contributed by atoms with van der Waals surface area (Å²) >= 11 is 7.54. The third kappa shape index (κ3) is 5.08. The second kappa shape index (κ2) is 8.98. The summed E-state index contributed by atoms with van der Waals surface area (Å²) in [6, 6.07) is 9.69. The first-order valence-corrected chi connectivity index (χ1v) is 12.6. The molecular weight excluding hydrogens is 428 g/mol. The van der Waals surface area contributed by atoms with Crippen molar-refractivity contribution in [2.24, 2.45) is 5.92 Å². The average molecular weight is 453 g/mol. The van der Waals surface area contributed by atoms with Crippen LogP contribution < -0.4 is 4.72 Å². The predicted molar refractivity (Wildman–Crippen MR) is 120 cm³/mol. The maximum Gasteiger partial charge on any atom is 0.261 e. The number of piperidine rings is 1. The molecular formula is C21H25ClN2O3S2. The number of aryl methyl sites for hydroxylation is 1. The van der Waals surface area contributed by atoms with Crippen molar-refractivity contribution in [2.75, 3.05) is 24.1 Å². The molecule has 3 rings (SSSR count). The molecule has 156 valence electrons. The van der Waals surface area contributed by atoms with Crippen molar-refractivity contribution in [3.63, 3.8) is 0 Å². The summed E-state index contributed by atoms with van der Waals surface area (Å²) in [5, 5.41) is 0.484. The average Bonchev–Trinajstić information content (AvgIpc) is 2.70. The highest BCUT2D eigenvalue weighted by Crippen LogP contribution is 2.28. The SMILES string of the molecule is CSc1ccc(S(=O)(=O)Nc2ccc(C)c(Cl)c2)cc1C(=O)N1CCC(C)CC1. The summed E-state index contributed by atoms with van der Waals surface area (Å²) in [4.78, 5) is 15.7. The lowest BCUT2D eigenvalue weighted by Crippen LogP contribution is -2.38. The van der Waals surface area contributed by atoms with E-state index in [1.165, 1.54) is 23.9 Å². The summed E-state index contributed by atoms with van der Waals surface area (Å²) in [7, 11) is -3.85. The molecule has 0 unspecified atom stereocenters. The van der Waals surface area contributed by atoms with E-state index in [0.717, 1.165) is 23.3 Å². The molecule has 29 heavy (non-hydrogen) atoms. The number of carbonyl (C=O) groups is 1. The Morgan fingerprint density at radius 2 is 1.86 bits per heavy atom. The molecule has 0 bridgehead atoms. The van der Waals surface area contributed by atoms with Crippen LogP contribution in [0.4, 0.5) is 5.69 Å². The number of anilines is 1. The van der Waals surface area contributed by atoms with Crippen LogP contribution in [0.2, 0.25) is 5.02 Å². The Bertz CT molecular complexity index is 1020. The van der Waals surface area contributed by atoms with Crippen LogP contribution in [0, 0.1) is 12.8 Å². The lowest BCUT2D eigenvalue weighted by molar-refractivity contribution is 0.0693. The van der Waals surface area contributed by atoms with Gasteiger partial charge in [0.2, 0.25) is 0 Å². The van der Waals surface area contributed by atoms with Crippen LogP contribution in [0.25, 0.3) is 0 Å². The van der Waals surface area contributed by atoms with Crippen molar-refractivity contribution in [2.45, 2.75) is 36.5 Å². The molecule has 0 atom stereocenters. The van der Waals surface area contributed by atoms with Crippen molar-refractivity contribution in [1.29, 1.82) is 0 Å². The number of amides is 1. The summed E-state index contributed by atoms with van der Waals surface area (Å²) < 4.78 is 28.4. The lowest BCUT2D eigenvalue weighted by Gasteiger charge is -2.30. The molecule has 5 nitrogen and oxygen atoms in total. The van der Waals surface area contributed by atoms with Gasteiger partial charge in [0.05, 0.1) is 16.1 Å². The molecule has 1 amide bonds. The van der Waals surface area contributed by atoms with Gasteiger partial charge in [-0.15, -0.1) is 11.8 Å². The van der Waals surface area contributed by atoms with E-state index in [9.17, 15) is 13.2 Å². The molecule has 0 aromatic heterocycles. The molecule has 0 saturated carbocycles. The lowest BCUT2D eigenvalue weighted by atomic mass is 9.98. The highest BCUT2D eigenvalue weighted by Gasteiger charge is 2.25. The molecule has 1 aliphatic heterocycles. The van der Waals surface area contributed by atoms with Crippen LogP contribution >= 0.6 is 23.4 Å². The molecule has 0 spiro atoms. The second-order valence-corrected chi connectivity index (χ2v) is 10.3.